The summed E-state index contributed by atoms with van der Waals surface area (Å²) in [5.74, 6) is -0.243. The summed E-state index contributed by atoms with van der Waals surface area (Å²) in [6.45, 7) is 10.3. The summed E-state index contributed by atoms with van der Waals surface area (Å²) in [4.78, 5) is 46.2. The van der Waals surface area contributed by atoms with Crippen LogP contribution in [0.25, 0.3) is 11.1 Å². The molecule has 0 spiro atoms. The first-order valence-corrected chi connectivity index (χ1v) is 20.0. The normalized spacial score (nSPS) is 10.7. The second kappa shape index (κ2) is 20.8. The number of halogens is 5. The molecule has 0 aliphatic carbocycles. The summed E-state index contributed by atoms with van der Waals surface area (Å²) in [5, 5.41) is 15.6. The average molecular weight is 934 g/mol. The molecule has 0 bridgehead atoms. The zero-order valence-corrected chi connectivity index (χ0v) is 36.7. The summed E-state index contributed by atoms with van der Waals surface area (Å²) < 4.78 is 17.5. The van der Waals surface area contributed by atoms with Gasteiger partial charge in [0.2, 0.25) is 11.8 Å². The van der Waals surface area contributed by atoms with Gasteiger partial charge in [-0.2, -0.15) is 0 Å². The summed E-state index contributed by atoms with van der Waals surface area (Å²) in [6, 6.07) is 24.5. The van der Waals surface area contributed by atoms with Crippen LogP contribution in [0.4, 0.5) is 11.4 Å². The Hall–Kier alpha value is -4.78. The van der Waals surface area contributed by atoms with Crippen molar-refractivity contribution in [2.45, 2.75) is 48.0 Å². The van der Waals surface area contributed by atoms with Crippen molar-refractivity contribution in [3.63, 3.8) is 0 Å². The van der Waals surface area contributed by atoms with Gasteiger partial charge in [0.05, 0.1) is 32.2 Å². The zero-order valence-electron chi connectivity index (χ0n) is 32.1. The average Bonchev–Trinajstić information content (AvgIpc) is 3.15. The highest BCUT2D eigenvalue weighted by Gasteiger charge is 2.19. The van der Waals surface area contributed by atoms with E-state index in [1.807, 2.05) is 58.0 Å². The number of nitrogens with one attached hydrogen (secondary N) is 2. The van der Waals surface area contributed by atoms with Crippen molar-refractivity contribution in [3.8, 4) is 39.9 Å². The Morgan fingerprint density at radius 3 is 1.76 bits per heavy atom. The van der Waals surface area contributed by atoms with E-state index in [-0.39, 0.29) is 67.4 Å². The van der Waals surface area contributed by atoms with Crippen LogP contribution in [0.15, 0.2) is 89.4 Å². The van der Waals surface area contributed by atoms with Gasteiger partial charge in [-0.25, -0.2) is 0 Å². The Labute approximate surface area is 364 Å². The molecule has 10 nitrogen and oxygen atoms in total. The molecular weight excluding hydrogens is 894 g/mol. The van der Waals surface area contributed by atoms with Gasteiger partial charge in [-0.05, 0) is 82.5 Å². The number of aliphatic carboxylic acids is 1. The van der Waals surface area contributed by atoms with Crippen LogP contribution in [0.1, 0.15) is 45.7 Å². The molecule has 0 fully saturated rings. The molecule has 5 aromatic carbocycles. The van der Waals surface area contributed by atoms with Crippen LogP contribution >= 0.6 is 62.3 Å². The van der Waals surface area contributed by atoms with Crippen LogP contribution < -0.4 is 24.8 Å². The van der Waals surface area contributed by atoms with Gasteiger partial charge in [-0.3, -0.25) is 19.2 Å². The number of esters is 1. The molecule has 58 heavy (non-hydrogen) atoms. The van der Waals surface area contributed by atoms with Gasteiger partial charge in [-0.1, -0.05) is 104 Å². The highest BCUT2D eigenvalue weighted by atomic mass is 79.9. The second-order valence-electron chi connectivity index (χ2n) is 13.4. The number of hydrogen-bond acceptors (Lipinski definition) is 7. The first kappa shape index (κ1) is 45.9. The van der Waals surface area contributed by atoms with Gasteiger partial charge in [-0.15, -0.1) is 0 Å². The molecule has 5 rings (SSSR count). The quantitative estimate of drug-likeness (QED) is 0.0830. The van der Waals surface area contributed by atoms with Crippen LogP contribution in [-0.2, 0) is 25.6 Å². The number of hydrogen-bond donors (Lipinski definition) is 3. The van der Waals surface area contributed by atoms with E-state index in [2.05, 4.69) is 26.6 Å². The Morgan fingerprint density at radius 1 is 0.707 bits per heavy atom. The molecule has 5 aromatic rings. The maximum absolute atomic E-state index is 12.3. The van der Waals surface area contributed by atoms with E-state index in [1.165, 1.54) is 25.1 Å². The smallest absolute Gasteiger partial charge is 0.308 e. The van der Waals surface area contributed by atoms with Gasteiger partial charge in [0.25, 0.3) is 0 Å². The van der Waals surface area contributed by atoms with E-state index in [0.29, 0.717) is 38.5 Å². The molecular formula is C43H39BrCl4N2O8. The number of carbonyl (C=O) groups excluding carboxylic acids is 3. The molecule has 0 aliphatic heterocycles. The third-order valence-corrected chi connectivity index (χ3v) is 10.0. The number of anilines is 2. The summed E-state index contributed by atoms with van der Waals surface area (Å²) in [6.07, 6.45) is -0.192. The molecule has 0 saturated heterocycles. The fraction of sp³-hybridized carbons (Fsp3) is 0.209. The predicted molar refractivity (Wildman–Crippen MR) is 233 cm³/mol. The van der Waals surface area contributed by atoms with E-state index in [4.69, 9.17) is 65.7 Å². The molecule has 0 aromatic heterocycles. The molecule has 15 heteroatoms. The Bertz CT molecular complexity index is 2320. The van der Waals surface area contributed by atoms with Crippen molar-refractivity contribution in [3.05, 3.63) is 121 Å². The van der Waals surface area contributed by atoms with Crippen molar-refractivity contribution < 1.29 is 38.5 Å². The lowest BCUT2D eigenvalue weighted by molar-refractivity contribution is -0.136. The van der Waals surface area contributed by atoms with Crippen molar-refractivity contribution in [2.24, 2.45) is 11.8 Å². The first-order chi connectivity index (χ1) is 27.3. The van der Waals surface area contributed by atoms with E-state index < -0.39 is 11.9 Å². The van der Waals surface area contributed by atoms with E-state index in [1.54, 1.807) is 43.3 Å². The minimum absolute atomic E-state index is 0.0906. The maximum Gasteiger partial charge on any atom is 0.308 e. The Morgan fingerprint density at radius 2 is 1.22 bits per heavy atom. The molecule has 0 radical (unpaired) electrons. The fourth-order valence-corrected chi connectivity index (χ4v) is 6.60. The molecule has 304 valence electrons. The first-order valence-electron chi connectivity index (χ1n) is 17.7. The number of carboxylic acids is 1. The minimum Gasteiger partial charge on any atom is -0.481 e. The molecule has 0 unspecified atom stereocenters. The van der Waals surface area contributed by atoms with Gasteiger partial charge in [0.15, 0.2) is 11.5 Å². The summed E-state index contributed by atoms with van der Waals surface area (Å²) >= 11 is 28.6. The van der Waals surface area contributed by atoms with Crippen molar-refractivity contribution in [1.29, 1.82) is 0 Å². The van der Waals surface area contributed by atoms with E-state index in [0.717, 1.165) is 11.1 Å². The lowest BCUT2D eigenvalue weighted by Crippen LogP contribution is -2.18. The van der Waals surface area contributed by atoms with Gasteiger partial charge in [0.1, 0.15) is 17.2 Å². The number of benzene rings is 5. The zero-order chi connectivity index (χ0) is 42.8. The largest absolute Gasteiger partial charge is 0.481 e. The Kier molecular flexibility index (Phi) is 16.4. The van der Waals surface area contributed by atoms with Gasteiger partial charge < -0.3 is 30.0 Å². The van der Waals surface area contributed by atoms with Crippen LogP contribution in [-0.4, -0.2) is 28.9 Å². The number of carboxylic acid groups (broad SMARTS) is 1. The molecule has 2 amide bonds. The SMILES string of the molecule is CC(=O)Oc1cc(Cl)c(Oc2ccc(NC(=O)C(C)C)c(Br)c2)c(Cl)c1C.CC(C)C(=O)Nc1ccc(Oc2c(Cl)cc(CC(=O)O)cc2Cl)cc1-c1ccccc1. The van der Waals surface area contributed by atoms with Crippen LogP contribution in [0, 0.1) is 18.8 Å². The van der Waals surface area contributed by atoms with E-state index in [9.17, 15) is 19.2 Å². The molecule has 0 atom stereocenters. The second-order valence-corrected chi connectivity index (χ2v) is 15.8. The van der Waals surface area contributed by atoms with E-state index >= 15 is 0 Å². The molecule has 0 heterocycles. The molecule has 3 N–H and O–H groups in total. The van der Waals surface area contributed by atoms with Crippen LogP contribution in [0.3, 0.4) is 0 Å². The lowest BCUT2D eigenvalue weighted by Gasteiger charge is -2.16. The fourth-order valence-electron chi connectivity index (χ4n) is 5.02. The third kappa shape index (κ3) is 12.6. The highest BCUT2D eigenvalue weighted by Crippen LogP contribution is 2.44. The van der Waals surface area contributed by atoms with Crippen LogP contribution in [0.5, 0.6) is 28.7 Å². The molecule has 0 aliphatic rings. The van der Waals surface area contributed by atoms with Crippen molar-refractivity contribution in [1.82, 2.24) is 0 Å². The topological polar surface area (TPSA) is 140 Å². The maximum atomic E-state index is 12.3. The predicted octanol–water partition coefficient (Wildman–Crippen LogP) is 13.1. The third-order valence-electron chi connectivity index (χ3n) is 8.06. The summed E-state index contributed by atoms with van der Waals surface area (Å²) in [7, 11) is 0. The summed E-state index contributed by atoms with van der Waals surface area (Å²) in [5.41, 5.74) is 3.98. The lowest BCUT2D eigenvalue weighted by atomic mass is 10.0. The van der Waals surface area contributed by atoms with Crippen molar-refractivity contribution >= 4 is 97.5 Å². The Balaban J connectivity index is 0.000000259. The minimum atomic E-state index is -0.979. The highest BCUT2D eigenvalue weighted by molar-refractivity contribution is 9.10. The molecule has 0 saturated carbocycles. The van der Waals surface area contributed by atoms with Gasteiger partial charge >= 0.3 is 11.9 Å². The van der Waals surface area contributed by atoms with Crippen molar-refractivity contribution in [2.75, 3.05) is 10.6 Å². The van der Waals surface area contributed by atoms with Gasteiger partial charge in [0, 0.05) is 46.1 Å². The standard InChI is InChI=1S/C24H21Cl2NO4.C19H18BrCl2NO4/c1-14(2)24(30)27-21-9-8-17(13-18(21)16-6-4-3-5-7-16)31-23-19(25)10-15(11-20(23)26)12-22(28)29;1-9(2)19(25)23-15-6-5-12(7-13(15)20)27-18-14(21)8-16(26-11(4)24)10(3)17(18)22/h3-11,13-14H,12H2,1-2H3,(H,27,30)(H,28,29);5-9H,1-4H3,(H,23,25). The van der Waals surface area contributed by atoms with Crippen LogP contribution in [0.2, 0.25) is 20.1 Å². The number of carbonyl (C=O) groups is 4. The number of rotatable bonds is 12. The number of ether oxygens (including phenoxy) is 3. The number of amides is 2. The monoisotopic (exact) mass is 930 g/mol.